The smallest absolute Gasteiger partial charge is 0.206 e. The molecule has 1 atom stereocenters. The first-order chi connectivity index (χ1) is 10.8. The lowest BCUT2D eigenvalue weighted by atomic mass is 9.99. The van der Waals surface area contributed by atoms with Crippen LogP contribution in [-0.4, -0.2) is 27.8 Å². The SMILES string of the molecule is O=C1CCCC[C@@H]1Sc1nnc(NCCc2ccccc2)s1. The predicted molar refractivity (Wildman–Crippen MR) is 91.7 cm³/mol. The maximum absolute atomic E-state index is 11.9. The Morgan fingerprint density at radius 1 is 1.23 bits per heavy atom. The van der Waals surface area contributed by atoms with Gasteiger partial charge in [0.05, 0.1) is 5.25 Å². The molecule has 1 heterocycles. The van der Waals surface area contributed by atoms with Crippen LogP contribution in [0.1, 0.15) is 31.2 Å². The molecule has 1 fully saturated rings. The lowest BCUT2D eigenvalue weighted by molar-refractivity contribution is -0.119. The molecule has 22 heavy (non-hydrogen) atoms. The fraction of sp³-hybridized carbons (Fsp3) is 0.438. The van der Waals surface area contributed by atoms with Crippen LogP contribution in [0.15, 0.2) is 34.7 Å². The summed E-state index contributed by atoms with van der Waals surface area (Å²) in [6.07, 6.45) is 4.84. The summed E-state index contributed by atoms with van der Waals surface area (Å²) < 4.78 is 0.891. The third kappa shape index (κ3) is 4.30. The second-order valence-corrected chi connectivity index (χ2v) is 7.78. The Balaban J connectivity index is 1.47. The lowest BCUT2D eigenvalue weighted by Crippen LogP contribution is -2.21. The molecule has 116 valence electrons. The molecule has 0 unspecified atom stereocenters. The monoisotopic (exact) mass is 333 g/mol. The van der Waals surface area contributed by atoms with Crippen LogP contribution in [0, 0.1) is 0 Å². The van der Waals surface area contributed by atoms with Crippen LogP contribution in [0.3, 0.4) is 0 Å². The van der Waals surface area contributed by atoms with E-state index in [9.17, 15) is 4.79 Å². The summed E-state index contributed by atoms with van der Waals surface area (Å²) in [5.41, 5.74) is 1.31. The molecule has 1 aromatic heterocycles. The molecule has 6 heteroatoms. The van der Waals surface area contributed by atoms with Crippen molar-refractivity contribution in [1.29, 1.82) is 0 Å². The van der Waals surface area contributed by atoms with E-state index >= 15 is 0 Å². The van der Waals surface area contributed by atoms with E-state index < -0.39 is 0 Å². The summed E-state index contributed by atoms with van der Waals surface area (Å²) in [7, 11) is 0. The zero-order valence-electron chi connectivity index (χ0n) is 12.3. The van der Waals surface area contributed by atoms with Crippen molar-refractivity contribution in [1.82, 2.24) is 10.2 Å². The number of hydrogen-bond acceptors (Lipinski definition) is 6. The summed E-state index contributed by atoms with van der Waals surface area (Å²) in [6, 6.07) is 10.4. The van der Waals surface area contributed by atoms with Crippen LogP contribution in [0.4, 0.5) is 5.13 Å². The Kier molecular flexibility index (Phi) is 5.45. The third-order valence-electron chi connectivity index (χ3n) is 3.68. The van der Waals surface area contributed by atoms with Gasteiger partial charge in [-0.15, -0.1) is 10.2 Å². The number of hydrogen-bond donors (Lipinski definition) is 1. The average molecular weight is 333 g/mol. The molecular weight excluding hydrogens is 314 g/mol. The molecule has 0 saturated heterocycles. The van der Waals surface area contributed by atoms with Gasteiger partial charge in [0.25, 0.3) is 0 Å². The van der Waals surface area contributed by atoms with Crippen molar-refractivity contribution in [2.24, 2.45) is 0 Å². The van der Waals surface area contributed by atoms with E-state index in [1.54, 1.807) is 23.1 Å². The van der Waals surface area contributed by atoms with Gasteiger partial charge in [-0.1, -0.05) is 59.9 Å². The van der Waals surface area contributed by atoms with E-state index in [0.717, 1.165) is 48.1 Å². The largest absolute Gasteiger partial charge is 0.360 e. The molecule has 0 radical (unpaired) electrons. The Morgan fingerprint density at radius 2 is 2.09 bits per heavy atom. The second kappa shape index (κ2) is 7.74. The Bertz CT molecular complexity index is 615. The topological polar surface area (TPSA) is 54.9 Å². The number of anilines is 1. The first kappa shape index (κ1) is 15.5. The van der Waals surface area contributed by atoms with Gasteiger partial charge in [-0.3, -0.25) is 4.79 Å². The van der Waals surface area contributed by atoms with Crippen LogP contribution < -0.4 is 5.32 Å². The van der Waals surface area contributed by atoms with E-state index in [0.29, 0.717) is 5.78 Å². The summed E-state index contributed by atoms with van der Waals surface area (Å²) in [4.78, 5) is 11.9. The number of aromatic nitrogens is 2. The maximum Gasteiger partial charge on any atom is 0.206 e. The van der Waals surface area contributed by atoms with Crippen molar-refractivity contribution in [3.8, 4) is 0 Å². The van der Waals surface area contributed by atoms with E-state index in [-0.39, 0.29) is 5.25 Å². The fourth-order valence-electron chi connectivity index (χ4n) is 2.48. The van der Waals surface area contributed by atoms with E-state index in [1.165, 1.54) is 5.56 Å². The molecule has 2 aromatic rings. The van der Waals surface area contributed by atoms with Gasteiger partial charge in [0.1, 0.15) is 5.78 Å². The quantitative estimate of drug-likeness (QED) is 0.871. The molecule has 0 bridgehead atoms. The van der Waals surface area contributed by atoms with Crippen LogP contribution >= 0.6 is 23.1 Å². The molecule has 1 aliphatic rings. The van der Waals surface area contributed by atoms with Gasteiger partial charge in [0, 0.05) is 13.0 Å². The lowest BCUT2D eigenvalue weighted by Gasteiger charge is -2.17. The second-order valence-electron chi connectivity index (χ2n) is 5.35. The Hall–Kier alpha value is -1.40. The number of benzene rings is 1. The van der Waals surface area contributed by atoms with Gasteiger partial charge in [-0.25, -0.2) is 0 Å². The highest BCUT2D eigenvalue weighted by Crippen LogP contribution is 2.34. The molecule has 1 aliphatic carbocycles. The number of carbonyl (C=O) groups excluding carboxylic acids is 1. The highest BCUT2D eigenvalue weighted by atomic mass is 32.2. The number of nitrogens with one attached hydrogen (secondary N) is 1. The van der Waals surface area contributed by atoms with E-state index in [4.69, 9.17) is 0 Å². The predicted octanol–water partition coefficient (Wildman–Crippen LogP) is 3.80. The molecule has 0 amide bonds. The first-order valence-electron chi connectivity index (χ1n) is 7.62. The van der Waals surface area contributed by atoms with Gasteiger partial charge in [0.15, 0.2) is 4.34 Å². The van der Waals surface area contributed by atoms with Gasteiger partial charge in [0.2, 0.25) is 5.13 Å². The number of rotatable bonds is 6. The standard InChI is InChI=1S/C16H19N3OS2/c20-13-8-4-5-9-14(13)21-16-19-18-15(22-16)17-11-10-12-6-2-1-3-7-12/h1-3,6-7,14H,4-5,8-11H2,(H,17,18)/t14-/m0/s1. The minimum absolute atomic E-state index is 0.0823. The molecule has 1 saturated carbocycles. The minimum atomic E-state index is 0.0823. The van der Waals surface area contributed by atoms with Gasteiger partial charge in [-0.2, -0.15) is 0 Å². The molecule has 3 rings (SSSR count). The average Bonchev–Trinajstić information content (AvgIpc) is 2.98. The summed E-state index contributed by atoms with van der Waals surface area (Å²) >= 11 is 3.12. The molecular formula is C16H19N3OS2. The van der Waals surface area contributed by atoms with Crippen molar-refractivity contribution >= 4 is 34.0 Å². The zero-order valence-corrected chi connectivity index (χ0v) is 14.0. The number of nitrogens with zero attached hydrogens (tertiary/aromatic N) is 2. The highest BCUT2D eigenvalue weighted by molar-refractivity contribution is 8.02. The van der Waals surface area contributed by atoms with Crippen molar-refractivity contribution in [3.05, 3.63) is 35.9 Å². The zero-order chi connectivity index (χ0) is 15.2. The number of Topliss-reactive ketones (excluding diaryl/α,β-unsaturated/α-hetero) is 1. The van der Waals surface area contributed by atoms with Gasteiger partial charge < -0.3 is 5.32 Å². The van der Waals surface area contributed by atoms with E-state index in [2.05, 4.69) is 39.8 Å². The normalized spacial score (nSPS) is 18.4. The molecule has 0 aliphatic heterocycles. The Morgan fingerprint density at radius 3 is 2.91 bits per heavy atom. The Labute approximate surface area is 138 Å². The third-order valence-corrected chi connectivity index (χ3v) is 5.96. The molecule has 4 nitrogen and oxygen atoms in total. The van der Waals surface area contributed by atoms with E-state index in [1.807, 2.05) is 6.07 Å². The fourth-order valence-corrected chi connectivity index (χ4v) is 4.63. The number of carbonyl (C=O) groups is 1. The summed E-state index contributed by atoms with van der Waals surface area (Å²) in [5.74, 6) is 0.366. The molecule has 0 spiro atoms. The van der Waals surface area contributed by atoms with Crippen LogP contribution in [0.5, 0.6) is 0 Å². The summed E-state index contributed by atoms with van der Waals surface area (Å²) in [5, 5.41) is 12.6. The molecule has 1 aromatic carbocycles. The van der Waals surface area contributed by atoms with Crippen molar-refractivity contribution in [3.63, 3.8) is 0 Å². The van der Waals surface area contributed by atoms with Crippen molar-refractivity contribution in [2.75, 3.05) is 11.9 Å². The summed E-state index contributed by atoms with van der Waals surface area (Å²) in [6.45, 7) is 0.839. The van der Waals surface area contributed by atoms with Crippen molar-refractivity contribution < 1.29 is 4.79 Å². The van der Waals surface area contributed by atoms with Gasteiger partial charge >= 0.3 is 0 Å². The maximum atomic E-state index is 11.9. The number of ketones is 1. The van der Waals surface area contributed by atoms with Crippen LogP contribution in [0.2, 0.25) is 0 Å². The van der Waals surface area contributed by atoms with Crippen LogP contribution in [0.25, 0.3) is 0 Å². The first-order valence-corrected chi connectivity index (χ1v) is 9.31. The van der Waals surface area contributed by atoms with Gasteiger partial charge in [-0.05, 0) is 24.8 Å². The highest BCUT2D eigenvalue weighted by Gasteiger charge is 2.24. The van der Waals surface area contributed by atoms with Crippen LogP contribution in [-0.2, 0) is 11.2 Å². The van der Waals surface area contributed by atoms with Crippen molar-refractivity contribution in [2.45, 2.75) is 41.7 Å². The number of thioether (sulfide) groups is 1. The minimum Gasteiger partial charge on any atom is -0.360 e. The molecule has 1 N–H and O–H groups in total.